The van der Waals surface area contributed by atoms with E-state index in [9.17, 15) is 34.8 Å². The SMILES string of the molecule is C=CCCCCCCCCN(CC(=O)N(CC(N)O)CC(CC)CCCC)C(O)CN(CC(CC)CCCC)C(=O)CN(CCCCCCCCCC)C(O)CN(C)C(=O)CN(C)C(O)CNCCN. The first-order valence-electron chi connectivity index (χ1n) is 28.1. The van der Waals surface area contributed by atoms with Crippen LogP contribution in [0.25, 0.3) is 0 Å². The van der Waals surface area contributed by atoms with Crippen molar-refractivity contribution >= 4 is 17.7 Å². The van der Waals surface area contributed by atoms with E-state index in [2.05, 4.69) is 46.5 Å². The Morgan fingerprint density at radius 1 is 0.557 bits per heavy atom. The van der Waals surface area contributed by atoms with Gasteiger partial charge in [-0.25, -0.2) is 0 Å². The van der Waals surface area contributed by atoms with Gasteiger partial charge in [0, 0.05) is 52.9 Å². The first kappa shape index (κ1) is 67.8. The zero-order valence-corrected chi connectivity index (χ0v) is 46.1. The van der Waals surface area contributed by atoms with Crippen molar-refractivity contribution in [3.63, 3.8) is 0 Å². The summed E-state index contributed by atoms with van der Waals surface area (Å²) in [6, 6.07) is 0. The molecular formula is C54H111N9O7. The lowest BCUT2D eigenvalue weighted by Gasteiger charge is -2.37. The third-order valence-corrected chi connectivity index (χ3v) is 13.9. The number of carbonyl (C=O) groups is 3. The number of nitrogens with zero attached hydrogens (tertiary/aromatic N) is 6. The van der Waals surface area contributed by atoms with Crippen LogP contribution in [-0.4, -0.2) is 192 Å². The molecule has 0 aliphatic heterocycles. The van der Waals surface area contributed by atoms with Crippen molar-refractivity contribution in [1.29, 1.82) is 0 Å². The minimum Gasteiger partial charge on any atom is -0.377 e. The van der Waals surface area contributed by atoms with Gasteiger partial charge < -0.3 is 51.9 Å². The Hall–Kier alpha value is -2.25. The van der Waals surface area contributed by atoms with Gasteiger partial charge in [0.15, 0.2) is 0 Å². The molecule has 0 fully saturated rings. The van der Waals surface area contributed by atoms with Crippen LogP contribution in [0.4, 0.5) is 0 Å². The summed E-state index contributed by atoms with van der Waals surface area (Å²) < 4.78 is 0. The monoisotopic (exact) mass is 998 g/mol. The second-order valence-corrected chi connectivity index (χ2v) is 20.2. The van der Waals surface area contributed by atoms with Crippen molar-refractivity contribution in [2.75, 3.05) is 99.2 Å². The highest BCUT2D eigenvalue weighted by Crippen LogP contribution is 2.19. The molecule has 16 nitrogen and oxygen atoms in total. The number of hydrogen-bond acceptors (Lipinski definition) is 13. The number of amides is 3. The maximum atomic E-state index is 14.8. The lowest BCUT2D eigenvalue weighted by Crippen LogP contribution is -2.55. The molecule has 3 amide bonds. The van der Waals surface area contributed by atoms with Crippen molar-refractivity contribution in [2.45, 2.75) is 207 Å². The summed E-state index contributed by atoms with van der Waals surface area (Å²) in [7, 11) is 3.29. The number of nitrogens with two attached hydrogens (primary N) is 2. The molecule has 70 heavy (non-hydrogen) atoms. The molecule has 6 unspecified atom stereocenters. The van der Waals surface area contributed by atoms with E-state index in [0.717, 1.165) is 122 Å². The summed E-state index contributed by atoms with van der Waals surface area (Å²) in [6.07, 6.45) is 21.2. The number of hydrogen-bond donors (Lipinski definition) is 7. The van der Waals surface area contributed by atoms with Gasteiger partial charge in [-0.2, -0.15) is 0 Å². The van der Waals surface area contributed by atoms with Crippen LogP contribution in [0.2, 0.25) is 0 Å². The van der Waals surface area contributed by atoms with Gasteiger partial charge in [0.25, 0.3) is 0 Å². The smallest absolute Gasteiger partial charge is 0.236 e. The molecule has 9 N–H and O–H groups in total. The number of nitrogens with one attached hydrogen (secondary N) is 1. The normalized spacial score (nSPS) is 14.5. The predicted molar refractivity (Wildman–Crippen MR) is 288 cm³/mol. The number of aliphatic hydroxyl groups excluding tert-OH is 4. The molecule has 0 bridgehead atoms. The molecule has 16 heteroatoms. The Morgan fingerprint density at radius 2 is 1.00 bits per heavy atom. The number of unbranched alkanes of at least 4 members (excludes halogenated alkanes) is 15. The molecule has 0 aliphatic carbocycles. The first-order valence-corrected chi connectivity index (χ1v) is 28.1. The molecule has 0 aromatic rings. The molecule has 414 valence electrons. The minimum absolute atomic E-state index is 0.000500. The number of aliphatic hydroxyl groups is 4. The Labute approximate surface area is 428 Å². The molecule has 0 heterocycles. The highest BCUT2D eigenvalue weighted by molar-refractivity contribution is 5.79. The van der Waals surface area contributed by atoms with Crippen molar-refractivity contribution in [3.8, 4) is 0 Å². The quantitative estimate of drug-likeness (QED) is 0.0215. The molecule has 0 aromatic heterocycles. The molecule has 0 rings (SSSR count). The maximum absolute atomic E-state index is 14.8. The lowest BCUT2D eigenvalue weighted by molar-refractivity contribution is -0.144. The summed E-state index contributed by atoms with van der Waals surface area (Å²) in [6.45, 7) is 17.3. The average molecular weight is 999 g/mol. The van der Waals surface area contributed by atoms with Crippen LogP contribution >= 0.6 is 0 Å². The number of carbonyl (C=O) groups excluding carboxylic acids is 3. The summed E-state index contributed by atoms with van der Waals surface area (Å²) >= 11 is 0. The highest BCUT2D eigenvalue weighted by atomic mass is 16.3. The third kappa shape index (κ3) is 33.5. The maximum Gasteiger partial charge on any atom is 0.236 e. The Morgan fingerprint density at radius 3 is 1.44 bits per heavy atom. The number of likely N-dealkylation sites (N-methyl/N-ethyl adjacent to an activating group) is 2. The lowest BCUT2D eigenvalue weighted by atomic mass is 9.98. The van der Waals surface area contributed by atoms with E-state index in [1.807, 2.05) is 6.08 Å². The van der Waals surface area contributed by atoms with Crippen LogP contribution in [-0.2, 0) is 14.4 Å². The molecule has 0 aliphatic rings. The van der Waals surface area contributed by atoms with Crippen LogP contribution in [0.1, 0.15) is 182 Å². The topological polar surface area (TPSA) is 216 Å². The van der Waals surface area contributed by atoms with Crippen LogP contribution in [0.5, 0.6) is 0 Å². The largest absolute Gasteiger partial charge is 0.377 e. The molecule has 0 saturated carbocycles. The van der Waals surface area contributed by atoms with Crippen LogP contribution < -0.4 is 16.8 Å². The number of rotatable bonds is 49. The van der Waals surface area contributed by atoms with Gasteiger partial charge >= 0.3 is 0 Å². The van der Waals surface area contributed by atoms with E-state index in [0.29, 0.717) is 39.3 Å². The molecule has 6 atom stereocenters. The van der Waals surface area contributed by atoms with Crippen LogP contribution in [0, 0.1) is 11.8 Å². The average Bonchev–Trinajstić information content (AvgIpc) is 3.33. The van der Waals surface area contributed by atoms with E-state index in [4.69, 9.17) is 11.5 Å². The molecule has 0 saturated heterocycles. The van der Waals surface area contributed by atoms with E-state index in [1.165, 1.54) is 30.6 Å². The third-order valence-electron chi connectivity index (χ3n) is 13.9. The Kier molecular flexibility index (Phi) is 42.8. The molecule has 0 aromatic carbocycles. The van der Waals surface area contributed by atoms with Gasteiger partial charge in [-0.3, -0.25) is 29.1 Å². The standard InChI is InChI=1S/C54H111N9O7/c1-9-15-19-21-23-25-27-29-35-60(51(67)42-59(8)50(66)41-58(7)49(65)37-57-34-33-55)44-54(70)63(39-47(14-6)32-18-12-4)45-52(68)61(36-30-28-26-24-22-20-16-10-2)43-53(69)62(40-48(56)64)38-46(13-5)31-17-11-3/h10,46-49,51-52,57,64-65,67-68H,2,9,11-45,55-56H2,1,3-8H3. The fourth-order valence-corrected chi connectivity index (χ4v) is 8.92. The van der Waals surface area contributed by atoms with E-state index in [1.54, 1.807) is 38.6 Å². The summed E-state index contributed by atoms with van der Waals surface area (Å²) in [4.78, 5) is 52.4. The Balaban J connectivity index is 6.71. The molecule has 0 radical (unpaired) electrons. The number of allylic oxidation sites excluding steroid dienone is 1. The van der Waals surface area contributed by atoms with E-state index in [-0.39, 0.29) is 75.4 Å². The molecule has 0 spiro atoms. The summed E-state index contributed by atoms with van der Waals surface area (Å²) in [5, 5.41) is 48.1. The van der Waals surface area contributed by atoms with Gasteiger partial charge in [0.1, 0.15) is 24.9 Å². The van der Waals surface area contributed by atoms with Gasteiger partial charge in [-0.15, -0.1) is 6.58 Å². The van der Waals surface area contributed by atoms with Gasteiger partial charge in [0.2, 0.25) is 17.7 Å². The second-order valence-electron chi connectivity index (χ2n) is 20.2. The van der Waals surface area contributed by atoms with Crippen LogP contribution in [0.15, 0.2) is 12.7 Å². The van der Waals surface area contributed by atoms with Crippen LogP contribution in [0.3, 0.4) is 0 Å². The fraction of sp³-hybridized carbons (Fsp3) is 0.907. The summed E-state index contributed by atoms with van der Waals surface area (Å²) in [5.41, 5.74) is 11.5. The predicted octanol–water partition coefficient (Wildman–Crippen LogP) is 5.91. The van der Waals surface area contributed by atoms with E-state index < -0.39 is 24.9 Å². The van der Waals surface area contributed by atoms with Crippen molar-refractivity contribution in [2.24, 2.45) is 23.3 Å². The fourth-order valence-electron chi connectivity index (χ4n) is 8.92. The minimum atomic E-state index is -1.19. The summed E-state index contributed by atoms with van der Waals surface area (Å²) in [5.74, 6) is -0.269. The second kappa shape index (κ2) is 44.3. The van der Waals surface area contributed by atoms with Crippen molar-refractivity contribution in [1.82, 2.24) is 34.7 Å². The van der Waals surface area contributed by atoms with Gasteiger partial charge in [0.05, 0.1) is 39.3 Å². The van der Waals surface area contributed by atoms with Gasteiger partial charge in [-0.1, -0.05) is 150 Å². The molecular weight excluding hydrogens is 887 g/mol. The van der Waals surface area contributed by atoms with Gasteiger partial charge in [-0.05, 0) is 57.4 Å². The zero-order valence-electron chi connectivity index (χ0n) is 46.1. The van der Waals surface area contributed by atoms with E-state index >= 15 is 0 Å². The van der Waals surface area contributed by atoms with Crippen molar-refractivity contribution in [3.05, 3.63) is 12.7 Å². The Bertz CT molecular complexity index is 1290. The first-order chi connectivity index (χ1) is 33.6. The van der Waals surface area contributed by atoms with Crippen molar-refractivity contribution < 1.29 is 34.8 Å². The highest BCUT2D eigenvalue weighted by Gasteiger charge is 2.31. The zero-order chi connectivity index (χ0) is 52.5.